The number of ether oxygens (including phenoxy) is 1. The number of esters is 1. The van der Waals surface area contributed by atoms with E-state index in [2.05, 4.69) is 20.8 Å². The fraction of sp³-hybridized carbons (Fsp3) is 0.200. The van der Waals surface area contributed by atoms with E-state index in [4.69, 9.17) is 9.15 Å². The Morgan fingerprint density at radius 3 is 2.97 bits per heavy atom. The number of furan rings is 1. The summed E-state index contributed by atoms with van der Waals surface area (Å²) in [5, 5.41) is 12.1. The standard InChI is InChI=1S/C20H18N4O5/c1-11(12-4-5-14-13(7-12)8-18(25)22-14)21-19(26)10-29-20(27)16-9-15(23-24-16)17-3-2-6-28-17/h2-7,9,11H,8,10H2,1H3,(H,21,26)(H,22,25)(H,23,24). The molecule has 2 amide bonds. The number of aromatic amines is 1. The molecule has 2 aromatic heterocycles. The highest BCUT2D eigenvalue weighted by Gasteiger charge is 2.20. The van der Waals surface area contributed by atoms with Gasteiger partial charge in [-0.2, -0.15) is 5.10 Å². The average molecular weight is 394 g/mol. The Morgan fingerprint density at radius 2 is 2.17 bits per heavy atom. The topological polar surface area (TPSA) is 126 Å². The van der Waals surface area contributed by atoms with Gasteiger partial charge >= 0.3 is 5.97 Å². The van der Waals surface area contributed by atoms with Gasteiger partial charge in [0, 0.05) is 11.8 Å². The molecule has 0 bridgehead atoms. The lowest BCUT2D eigenvalue weighted by Crippen LogP contribution is -2.31. The molecule has 3 aromatic rings. The molecule has 1 unspecified atom stereocenters. The van der Waals surface area contributed by atoms with Gasteiger partial charge in [0.1, 0.15) is 11.4 Å². The van der Waals surface area contributed by atoms with E-state index in [1.165, 1.54) is 12.3 Å². The summed E-state index contributed by atoms with van der Waals surface area (Å²) in [6, 6.07) is 10.1. The monoisotopic (exact) mass is 394 g/mol. The third-order valence-corrected chi connectivity index (χ3v) is 4.54. The highest BCUT2D eigenvalue weighted by Crippen LogP contribution is 2.26. The summed E-state index contributed by atoms with van der Waals surface area (Å²) >= 11 is 0. The molecule has 148 valence electrons. The number of fused-ring (bicyclic) bond motifs is 1. The third kappa shape index (κ3) is 4.03. The van der Waals surface area contributed by atoms with Gasteiger partial charge in [-0.15, -0.1) is 0 Å². The minimum atomic E-state index is -0.694. The molecule has 9 nitrogen and oxygen atoms in total. The third-order valence-electron chi connectivity index (χ3n) is 4.54. The maximum Gasteiger partial charge on any atom is 0.356 e. The molecule has 1 atom stereocenters. The van der Waals surface area contributed by atoms with E-state index in [1.807, 2.05) is 25.1 Å². The minimum Gasteiger partial charge on any atom is -0.463 e. The quantitative estimate of drug-likeness (QED) is 0.550. The van der Waals surface area contributed by atoms with Crippen molar-refractivity contribution in [1.29, 1.82) is 0 Å². The van der Waals surface area contributed by atoms with Crippen LogP contribution >= 0.6 is 0 Å². The summed E-state index contributed by atoms with van der Waals surface area (Å²) < 4.78 is 10.2. The first-order chi connectivity index (χ1) is 14.0. The first-order valence-corrected chi connectivity index (χ1v) is 8.98. The molecule has 0 spiro atoms. The average Bonchev–Trinajstić information content (AvgIpc) is 3.44. The van der Waals surface area contributed by atoms with Crippen molar-refractivity contribution in [2.45, 2.75) is 19.4 Å². The Balaban J connectivity index is 1.30. The summed E-state index contributed by atoms with van der Waals surface area (Å²) in [6.45, 7) is 1.39. The number of hydrogen-bond acceptors (Lipinski definition) is 6. The normalized spacial score (nSPS) is 13.5. The lowest BCUT2D eigenvalue weighted by atomic mass is 10.0. The van der Waals surface area contributed by atoms with Gasteiger partial charge in [-0.25, -0.2) is 4.79 Å². The molecule has 0 saturated carbocycles. The molecule has 0 aliphatic carbocycles. The summed E-state index contributed by atoms with van der Waals surface area (Å²) in [6.07, 6.45) is 1.83. The first-order valence-electron chi connectivity index (χ1n) is 8.98. The number of benzene rings is 1. The number of carbonyl (C=O) groups is 3. The van der Waals surface area contributed by atoms with Crippen molar-refractivity contribution < 1.29 is 23.5 Å². The molecule has 3 heterocycles. The van der Waals surface area contributed by atoms with Crippen LogP contribution in [0.3, 0.4) is 0 Å². The van der Waals surface area contributed by atoms with Crippen LogP contribution in [0.2, 0.25) is 0 Å². The summed E-state index contributed by atoms with van der Waals surface area (Å²) in [5.41, 5.74) is 3.13. The Hall–Kier alpha value is -3.88. The minimum absolute atomic E-state index is 0.0465. The Bertz CT molecular complexity index is 1070. The smallest absolute Gasteiger partial charge is 0.356 e. The van der Waals surface area contributed by atoms with Crippen LogP contribution in [0.25, 0.3) is 11.5 Å². The van der Waals surface area contributed by atoms with Gasteiger partial charge in [0.05, 0.1) is 18.7 Å². The SMILES string of the molecule is CC(NC(=O)COC(=O)c1cc(-c2ccco2)n[nH]1)c1ccc2c(c1)CC(=O)N2. The predicted molar refractivity (Wildman–Crippen MR) is 102 cm³/mol. The van der Waals surface area contributed by atoms with E-state index in [9.17, 15) is 14.4 Å². The van der Waals surface area contributed by atoms with Crippen LogP contribution in [-0.2, 0) is 20.7 Å². The Kier molecular flexibility index (Phi) is 4.86. The van der Waals surface area contributed by atoms with Crippen molar-refractivity contribution in [1.82, 2.24) is 15.5 Å². The van der Waals surface area contributed by atoms with Crippen molar-refractivity contribution >= 4 is 23.5 Å². The second-order valence-electron chi connectivity index (χ2n) is 6.65. The lowest BCUT2D eigenvalue weighted by Gasteiger charge is -2.15. The number of nitrogens with zero attached hydrogens (tertiary/aromatic N) is 1. The fourth-order valence-electron chi connectivity index (χ4n) is 3.07. The maximum absolute atomic E-state index is 12.1. The fourth-order valence-corrected chi connectivity index (χ4v) is 3.07. The second kappa shape index (κ2) is 7.63. The molecule has 29 heavy (non-hydrogen) atoms. The number of amides is 2. The predicted octanol–water partition coefficient (Wildman–Crippen LogP) is 2.20. The molecule has 1 aromatic carbocycles. The van der Waals surface area contributed by atoms with Crippen LogP contribution in [0, 0.1) is 0 Å². The molecule has 4 rings (SSSR count). The second-order valence-corrected chi connectivity index (χ2v) is 6.65. The maximum atomic E-state index is 12.1. The zero-order chi connectivity index (χ0) is 20.4. The number of nitrogens with one attached hydrogen (secondary N) is 3. The van der Waals surface area contributed by atoms with Gasteiger partial charge in [-0.3, -0.25) is 14.7 Å². The molecular formula is C20H18N4O5. The van der Waals surface area contributed by atoms with Gasteiger partial charge in [-0.1, -0.05) is 12.1 Å². The highest BCUT2D eigenvalue weighted by atomic mass is 16.5. The van der Waals surface area contributed by atoms with Crippen LogP contribution < -0.4 is 10.6 Å². The number of anilines is 1. The number of H-pyrrole nitrogens is 1. The molecule has 0 saturated heterocycles. The zero-order valence-corrected chi connectivity index (χ0v) is 15.5. The summed E-state index contributed by atoms with van der Waals surface area (Å²) in [4.78, 5) is 35.7. The molecule has 9 heteroatoms. The molecule has 1 aliphatic heterocycles. The molecule has 3 N–H and O–H groups in total. The van der Waals surface area contributed by atoms with Crippen LogP contribution in [0.5, 0.6) is 0 Å². The lowest BCUT2D eigenvalue weighted by molar-refractivity contribution is -0.124. The van der Waals surface area contributed by atoms with Gasteiger partial charge in [-0.05, 0) is 36.2 Å². The first kappa shape index (κ1) is 18.5. The van der Waals surface area contributed by atoms with Gasteiger partial charge in [0.15, 0.2) is 12.4 Å². The number of hydrogen-bond donors (Lipinski definition) is 3. The Morgan fingerprint density at radius 1 is 1.31 bits per heavy atom. The number of aromatic nitrogens is 2. The van der Waals surface area contributed by atoms with E-state index in [-0.39, 0.29) is 17.6 Å². The van der Waals surface area contributed by atoms with Gasteiger partial charge in [0.25, 0.3) is 5.91 Å². The summed E-state index contributed by atoms with van der Waals surface area (Å²) in [7, 11) is 0. The molecule has 0 radical (unpaired) electrons. The van der Waals surface area contributed by atoms with Crippen molar-refractivity contribution in [3.8, 4) is 11.5 Å². The number of rotatable bonds is 6. The van der Waals surface area contributed by atoms with E-state index >= 15 is 0 Å². The van der Waals surface area contributed by atoms with Gasteiger partial charge in [0.2, 0.25) is 5.91 Å². The van der Waals surface area contributed by atoms with Crippen molar-refractivity contribution in [3.05, 3.63) is 59.5 Å². The highest BCUT2D eigenvalue weighted by molar-refractivity contribution is 5.99. The number of carbonyl (C=O) groups excluding carboxylic acids is 3. The van der Waals surface area contributed by atoms with Gasteiger partial charge < -0.3 is 19.8 Å². The zero-order valence-electron chi connectivity index (χ0n) is 15.5. The van der Waals surface area contributed by atoms with Crippen LogP contribution in [0.1, 0.15) is 34.6 Å². The van der Waals surface area contributed by atoms with Crippen LogP contribution in [0.15, 0.2) is 47.1 Å². The van der Waals surface area contributed by atoms with Crippen molar-refractivity contribution in [3.63, 3.8) is 0 Å². The van der Waals surface area contributed by atoms with E-state index in [0.717, 1.165) is 16.8 Å². The Labute approximate surface area is 165 Å². The van der Waals surface area contributed by atoms with Crippen molar-refractivity contribution in [2.75, 3.05) is 11.9 Å². The largest absolute Gasteiger partial charge is 0.463 e. The van der Waals surface area contributed by atoms with E-state index < -0.39 is 18.5 Å². The van der Waals surface area contributed by atoms with E-state index in [1.54, 1.807) is 12.1 Å². The summed E-state index contributed by atoms with van der Waals surface area (Å²) in [5.74, 6) is -0.667. The van der Waals surface area contributed by atoms with E-state index in [0.29, 0.717) is 17.9 Å². The molecule has 1 aliphatic rings. The van der Waals surface area contributed by atoms with Crippen LogP contribution in [-0.4, -0.2) is 34.6 Å². The van der Waals surface area contributed by atoms with Crippen molar-refractivity contribution in [2.24, 2.45) is 0 Å². The molecular weight excluding hydrogens is 376 g/mol. The molecule has 0 fully saturated rings. The van der Waals surface area contributed by atoms with Crippen LogP contribution in [0.4, 0.5) is 5.69 Å².